The van der Waals surface area contributed by atoms with Crippen molar-refractivity contribution in [3.05, 3.63) is 23.9 Å². The molecule has 4 rings (SSSR count). The number of halogens is 1. The summed E-state index contributed by atoms with van der Waals surface area (Å²) in [6, 6.07) is 3.53. The van der Waals surface area contributed by atoms with Crippen LogP contribution >= 0.6 is 11.3 Å². The topological polar surface area (TPSA) is 75.4 Å². The number of alkyl halides is 1. The van der Waals surface area contributed by atoms with E-state index in [4.69, 9.17) is 4.74 Å². The Labute approximate surface area is 166 Å². The zero-order valence-corrected chi connectivity index (χ0v) is 17.0. The molecule has 1 aliphatic heterocycles. The van der Waals surface area contributed by atoms with Crippen LogP contribution in [-0.2, 0) is 0 Å². The number of piperidine rings is 1. The van der Waals surface area contributed by atoms with Crippen LogP contribution in [0.15, 0.2) is 18.3 Å². The minimum Gasteiger partial charge on any atom is -0.506 e. The van der Waals surface area contributed by atoms with Crippen molar-refractivity contribution in [1.29, 1.82) is 0 Å². The maximum atomic E-state index is 13.7. The summed E-state index contributed by atoms with van der Waals surface area (Å²) in [5, 5.41) is 18.9. The lowest BCUT2D eigenvalue weighted by Crippen LogP contribution is -2.41. The monoisotopic (exact) mass is 405 g/mol. The van der Waals surface area contributed by atoms with E-state index in [-0.39, 0.29) is 11.7 Å². The molecule has 7 nitrogen and oxygen atoms in total. The number of thiazole rings is 1. The van der Waals surface area contributed by atoms with Gasteiger partial charge in [0, 0.05) is 19.6 Å². The number of benzene rings is 1. The highest BCUT2D eigenvalue weighted by atomic mass is 32.1. The number of aryl methyl sites for hydroxylation is 1. The summed E-state index contributed by atoms with van der Waals surface area (Å²) in [5.74, 6) is 0.916. The van der Waals surface area contributed by atoms with Crippen molar-refractivity contribution >= 4 is 26.8 Å². The number of anilines is 1. The first-order valence-electron chi connectivity index (χ1n) is 9.23. The third-order valence-corrected chi connectivity index (χ3v) is 5.87. The number of fused-ring (bicyclic) bond motifs is 1. The van der Waals surface area contributed by atoms with Gasteiger partial charge in [-0.25, -0.2) is 9.07 Å². The lowest BCUT2D eigenvalue weighted by Gasteiger charge is -2.32. The number of nitrogens with zero attached hydrogens (tertiary/aromatic N) is 4. The molecule has 1 aliphatic rings. The molecule has 0 radical (unpaired) electrons. The van der Waals surface area contributed by atoms with E-state index < -0.39 is 6.17 Å². The molecule has 1 aromatic carbocycles. The second-order valence-corrected chi connectivity index (χ2v) is 8.45. The molecule has 9 heteroatoms. The number of methoxy groups -OCH3 is 1. The Morgan fingerprint density at radius 3 is 2.93 bits per heavy atom. The molecule has 2 aromatic heterocycles. The Morgan fingerprint density at radius 1 is 1.39 bits per heavy atom. The predicted molar refractivity (Wildman–Crippen MR) is 109 cm³/mol. The number of likely N-dealkylation sites (tertiary alicyclic amines) is 1. The van der Waals surface area contributed by atoms with Gasteiger partial charge in [0.2, 0.25) is 0 Å². The van der Waals surface area contributed by atoms with Crippen LogP contribution in [0.2, 0.25) is 0 Å². The number of ether oxygens (including phenoxy) is 1. The molecule has 28 heavy (non-hydrogen) atoms. The van der Waals surface area contributed by atoms with E-state index in [0.29, 0.717) is 36.6 Å². The van der Waals surface area contributed by atoms with E-state index in [0.717, 1.165) is 21.9 Å². The van der Waals surface area contributed by atoms with E-state index in [1.54, 1.807) is 17.9 Å². The fourth-order valence-corrected chi connectivity index (χ4v) is 4.59. The van der Waals surface area contributed by atoms with Crippen molar-refractivity contribution in [2.24, 2.45) is 5.92 Å². The van der Waals surface area contributed by atoms with E-state index in [9.17, 15) is 9.50 Å². The number of rotatable bonds is 5. The molecule has 0 saturated carbocycles. The highest BCUT2D eigenvalue weighted by Gasteiger charge is 2.25. The van der Waals surface area contributed by atoms with Gasteiger partial charge in [-0.05, 0) is 44.0 Å². The molecule has 3 heterocycles. The standard InChI is InChI=1S/C19H24FN5O2S/c1-11-4-14(26)17(15(5-11)27-3)25-10-16-18(23-25)22-19(28-16)21-7-12-6-13(20)9-24(2)8-12/h4-5,10,12-13,26H,6-9H2,1-3H3,(H,21,22,23)/t12-,13+/m0/s1. The maximum absolute atomic E-state index is 13.7. The Hall–Kier alpha value is -2.39. The molecular weight excluding hydrogens is 381 g/mol. The largest absolute Gasteiger partial charge is 0.506 e. The van der Waals surface area contributed by atoms with Gasteiger partial charge >= 0.3 is 0 Å². The molecular formula is C19H24FN5O2S. The van der Waals surface area contributed by atoms with Gasteiger partial charge in [-0.3, -0.25) is 0 Å². The van der Waals surface area contributed by atoms with Crippen LogP contribution in [-0.4, -0.2) is 64.7 Å². The number of phenols is 1. The molecule has 2 atom stereocenters. The number of nitrogens with one attached hydrogen (secondary N) is 1. The molecule has 2 N–H and O–H groups in total. The molecule has 0 spiro atoms. The first-order chi connectivity index (χ1) is 13.4. The van der Waals surface area contributed by atoms with E-state index in [1.165, 1.54) is 11.3 Å². The van der Waals surface area contributed by atoms with Gasteiger partial charge in [-0.1, -0.05) is 11.3 Å². The average molecular weight is 405 g/mol. The van der Waals surface area contributed by atoms with Crippen LogP contribution in [0.1, 0.15) is 12.0 Å². The van der Waals surface area contributed by atoms with Crippen molar-refractivity contribution in [3.8, 4) is 17.2 Å². The molecule has 0 aliphatic carbocycles. The zero-order chi connectivity index (χ0) is 19.8. The molecule has 0 unspecified atom stereocenters. The van der Waals surface area contributed by atoms with Crippen LogP contribution in [0.5, 0.6) is 11.5 Å². The van der Waals surface area contributed by atoms with E-state index in [2.05, 4.69) is 15.4 Å². The maximum Gasteiger partial charge on any atom is 0.194 e. The van der Waals surface area contributed by atoms with Crippen LogP contribution in [0.25, 0.3) is 16.0 Å². The second-order valence-electron chi connectivity index (χ2n) is 7.42. The summed E-state index contributed by atoms with van der Waals surface area (Å²) >= 11 is 1.49. The number of phenolic OH excluding ortho intramolecular Hbond substituents is 1. The minimum absolute atomic E-state index is 0.104. The predicted octanol–water partition coefficient (Wildman–Crippen LogP) is 3.21. The fourth-order valence-electron chi connectivity index (χ4n) is 3.77. The molecule has 0 bridgehead atoms. The quantitative estimate of drug-likeness (QED) is 0.679. The second kappa shape index (κ2) is 7.56. The van der Waals surface area contributed by atoms with Gasteiger partial charge in [0.05, 0.1) is 18.0 Å². The summed E-state index contributed by atoms with van der Waals surface area (Å²) in [4.78, 5) is 6.56. The molecule has 1 saturated heterocycles. The highest BCUT2D eigenvalue weighted by Crippen LogP contribution is 2.35. The average Bonchev–Trinajstić information content (AvgIpc) is 3.16. The summed E-state index contributed by atoms with van der Waals surface area (Å²) in [7, 11) is 3.52. The normalized spacial score (nSPS) is 20.6. The summed E-state index contributed by atoms with van der Waals surface area (Å²) < 4.78 is 21.6. The summed E-state index contributed by atoms with van der Waals surface area (Å²) in [5.41, 5.74) is 1.99. The summed E-state index contributed by atoms with van der Waals surface area (Å²) in [6.07, 6.45) is 1.65. The van der Waals surface area contributed by atoms with Crippen LogP contribution < -0.4 is 10.1 Å². The van der Waals surface area contributed by atoms with E-state index in [1.807, 2.05) is 31.1 Å². The first-order valence-corrected chi connectivity index (χ1v) is 10.0. The van der Waals surface area contributed by atoms with Crippen molar-refractivity contribution in [3.63, 3.8) is 0 Å². The molecule has 150 valence electrons. The van der Waals surface area contributed by atoms with Crippen molar-refractivity contribution in [2.45, 2.75) is 19.5 Å². The zero-order valence-electron chi connectivity index (χ0n) is 16.1. The lowest BCUT2D eigenvalue weighted by molar-refractivity contribution is 0.122. The van der Waals surface area contributed by atoms with Crippen LogP contribution in [0.3, 0.4) is 0 Å². The van der Waals surface area contributed by atoms with Gasteiger partial charge in [0.1, 0.15) is 23.4 Å². The Bertz CT molecular complexity index is 947. The third kappa shape index (κ3) is 3.77. The smallest absolute Gasteiger partial charge is 0.194 e. The van der Waals surface area contributed by atoms with E-state index >= 15 is 0 Å². The molecule has 1 fully saturated rings. The van der Waals surface area contributed by atoms with Crippen LogP contribution in [0, 0.1) is 12.8 Å². The van der Waals surface area contributed by atoms with Gasteiger partial charge in [0.15, 0.2) is 10.8 Å². The van der Waals surface area contributed by atoms with Crippen molar-refractivity contribution in [1.82, 2.24) is 19.7 Å². The van der Waals surface area contributed by atoms with Crippen molar-refractivity contribution in [2.75, 3.05) is 39.1 Å². The number of aromatic hydroxyl groups is 1. The van der Waals surface area contributed by atoms with Crippen molar-refractivity contribution < 1.29 is 14.2 Å². The van der Waals surface area contributed by atoms with Crippen LogP contribution in [0.4, 0.5) is 9.52 Å². The number of aromatic nitrogens is 3. The SMILES string of the molecule is COc1cc(C)cc(O)c1-n1cc2sc(NC[C@@H]3C[C@@H](F)CN(C)C3)nc2n1. The molecule has 0 amide bonds. The lowest BCUT2D eigenvalue weighted by atomic mass is 9.97. The van der Waals surface area contributed by atoms with Gasteiger partial charge in [0.25, 0.3) is 0 Å². The summed E-state index contributed by atoms with van der Waals surface area (Å²) in [6.45, 7) is 3.98. The number of hydrogen-bond donors (Lipinski definition) is 2. The van der Waals surface area contributed by atoms with Gasteiger partial charge in [-0.2, -0.15) is 4.98 Å². The Kier molecular flexibility index (Phi) is 5.11. The Balaban J connectivity index is 1.51. The number of hydrogen-bond acceptors (Lipinski definition) is 7. The first kappa shape index (κ1) is 18.9. The highest BCUT2D eigenvalue weighted by molar-refractivity contribution is 7.22. The minimum atomic E-state index is -0.763. The fraction of sp³-hybridized carbons (Fsp3) is 0.474. The molecule has 3 aromatic rings. The third-order valence-electron chi connectivity index (χ3n) is 4.94. The van der Waals surface area contributed by atoms with Gasteiger partial charge < -0.3 is 20.1 Å². The Morgan fingerprint density at radius 2 is 2.21 bits per heavy atom. The van der Waals surface area contributed by atoms with Gasteiger partial charge in [-0.15, -0.1) is 5.10 Å².